The zero-order valence-electron chi connectivity index (χ0n) is 15.5. The van der Waals surface area contributed by atoms with Crippen LogP contribution in [0, 0.1) is 18.3 Å². The van der Waals surface area contributed by atoms with Crippen molar-refractivity contribution in [1.29, 1.82) is 5.26 Å². The first-order valence-corrected chi connectivity index (χ1v) is 11.2. The fraction of sp³-hybridized carbons (Fsp3) is 0.333. The monoisotopic (exact) mass is 434 g/mol. The molecule has 0 atom stereocenters. The molecule has 0 aromatic carbocycles. The Bertz CT molecular complexity index is 1140. The number of thiophene rings is 1. The molecule has 4 heterocycles. The molecule has 1 aliphatic rings. The van der Waals surface area contributed by atoms with Crippen LogP contribution in [0.25, 0.3) is 11.7 Å². The second-order valence-corrected chi connectivity index (χ2v) is 9.23. The number of nitriles is 1. The molecule has 0 bridgehead atoms. The van der Waals surface area contributed by atoms with E-state index in [-0.39, 0.29) is 47.0 Å². The third-order valence-electron chi connectivity index (χ3n) is 4.41. The van der Waals surface area contributed by atoms with Gasteiger partial charge in [-0.05, 0) is 18.4 Å². The minimum absolute atomic E-state index is 0.0433. The second kappa shape index (κ2) is 8.00. The lowest BCUT2D eigenvalue weighted by Crippen LogP contribution is -2.40. The number of nitrogens with zero attached hydrogens (tertiary/aromatic N) is 3. The molecule has 0 aliphatic carbocycles. The molecule has 1 saturated heterocycles. The molecular formula is C18H18N4O5S2. The van der Waals surface area contributed by atoms with Gasteiger partial charge < -0.3 is 18.9 Å². The van der Waals surface area contributed by atoms with Crippen molar-refractivity contribution in [2.75, 3.05) is 31.6 Å². The fourth-order valence-corrected chi connectivity index (χ4v) is 5.17. The SMILES string of the molecule is Cc1oc(-c2nc(C#N)c(NCc3cccs3)o2)cc1S(=O)(=O)N1CCOCC1. The maximum Gasteiger partial charge on any atom is 0.266 e. The van der Waals surface area contributed by atoms with E-state index in [4.69, 9.17) is 13.6 Å². The van der Waals surface area contributed by atoms with E-state index < -0.39 is 10.0 Å². The average Bonchev–Trinajstić information content (AvgIpc) is 3.46. The van der Waals surface area contributed by atoms with Crippen LogP contribution in [-0.2, 0) is 21.3 Å². The summed E-state index contributed by atoms with van der Waals surface area (Å²) in [5.41, 5.74) is 0.0724. The van der Waals surface area contributed by atoms with Gasteiger partial charge in [-0.25, -0.2) is 8.42 Å². The number of nitrogens with one attached hydrogen (secondary N) is 1. The van der Waals surface area contributed by atoms with E-state index in [2.05, 4.69) is 10.3 Å². The lowest BCUT2D eigenvalue weighted by Gasteiger charge is -2.25. The largest absolute Gasteiger partial charge is 0.455 e. The van der Waals surface area contributed by atoms with E-state index in [1.54, 1.807) is 18.3 Å². The van der Waals surface area contributed by atoms with Crippen LogP contribution >= 0.6 is 11.3 Å². The van der Waals surface area contributed by atoms with Crippen LogP contribution in [0.3, 0.4) is 0 Å². The molecule has 1 N–H and O–H groups in total. The normalized spacial score (nSPS) is 15.3. The summed E-state index contributed by atoms with van der Waals surface area (Å²) in [6, 6.07) is 7.25. The number of aromatic nitrogens is 1. The van der Waals surface area contributed by atoms with Gasteiger partial charge in [0.2, 0.25) is 21.6 Å². The van der Waals surface area contributed by atoms with Crippen molar-refractivity contribution in [2.24, 2.45) is 0 Å². The van der Waals surface area contributed by atoms with Crippen LogP contribution < -0.4 is 5.32 Å². The number of hydrogen-bond acceptors (Lipinski definition) is 9. The lowest BCUT2D eigenvalue weighted by atomic mass is 10.4. The van der Waals surface area contributed by atoms with Crippen molar-refractivity contribution in [3.63, 3.8) is 0 Å². The standard InChI is InChI=1S/C18H18N4O5S2/c1-12-16(29(23,24)22-4-6-25-7-5-22)9-15(26-12)18-21-14(10-19)17(27-18)20-11-13-3-2-8-28-13/h2-3,8-9,20H,4-7,11H2,1H3. The molecule has 9 nitrogen and oxygen atoms in total. The molecule has 0 saturated carbocycles. The summed E-state index contributed by atoms with van der Waals surface area (Å²) in [6.07, 6.45) is 0. The zero-order chi connectivity index (χ0) is 20.4. The molecule has 0 amide bonds. The van der Waals surface area contributed by atoms with Gasteiger partial charge in [0.25, 0.3) is 5.89 Å². The summed E-state index contributed by atoms with van der Waals surface area (Å²) in [7, 11) is -3.72. The molecule has 29 heavy (non-hydrogen) atoms. The third kappa shape index (κ3) is 3.92. The maximum absolute atomic E-state index is 12.9. The Morgan fingerprint density at radius 3 is 2.83 bits per heavy atom. The van der Waals surface area contributed by atoms with Crippen LogP contribution in [0.1, 0.15) is 16.3 Å². The van der Waals surface area contributed by atoms with E-state index in [1.165, 1.54) is 10.4 Å². The van der Waals surface area contributed by atoms with Gasteiger partial charge in [0, 0.05) is 24.0 Å². The Morgan fingerprint density at radius 1 is 1.34 bits per heavy atom. The molecule has 11 heteroatoms. The van der Waals surface area contributed by atoms with Crippen LogP contribution in [0.4, 0.5) is 5.88 Å². The summed E-state index contributed by atoms with van der Waals surface area (Å²) >= 11 is 1.57. The first-order chi connectivity index (χ1) is 14.0. The molecule has 1 fully saturated rings. The number of furan rings is 1. The summed E-state index contributed by atoms with van der Waals surface area (Å²) in [5, 5.41) is 14.3. The average molecular weight is 434 g/mol. The molecule has 3 aromatic rings. The van der Waals surface area contributed by atoms with Crippen molar-refractivity contribution in [2.45, 2.75) is 18.4 Å². The zero-order valence-corrected chi connectivity index (χ0v) is 17.2. The first-order valence-electron chi connectivity index (χ1n) is 8.85. The summed E-state index contributed by atoms with van der Waals surface area (Å²) in [5.74, 6) is 0.635. The molecular weight excluding hydrogens is 416 g/mol. The number of oxazole rings is 1. The number of rotatable bonds is 6. The smallest absolute Gasteiger partial charge is 0.266 e. The Morgan fingerprint density at radius 2 is 2.14 bits per heavy atom. The molecule has 3 aromatic heterocycles. The lowest BCUT2D eigenvalue weighted by molar-refractivity contribution is 0.0730. The Balaban J connectivity index is 1.61. The van der Waals surface area contributed by atoms with Crippen LogP contribution in [0.15, 0.2) is 37.3 Å². The van der Waals surface area contributed by atoms with E-state index in [0.29, 0.717) is 19.8 Å². The predicted octanol–water partition coefficient (Wildman–Crippen LogP) is 2.81. The van der Waals surface area contributed by atoms with Gasteiger partial charge in [0.1, 0.15) is 16.7 Å². The number of ether oxygens (including phenoxy) is 1. The second-order valence-electron chi connectivity index (χ2n) is 6.29. The molecule has 4 rings (SSSR count). The number of sulfonamides is 1. The van der Waals surface area contributed by atoms with Crippen molar-refractivity contribution in [3.05, 3.63) is 39.9 Å². The number of anilines is 1. The van der Waals surface area contributed by atoms with Gasteiger partial charge in [-0.1, -0.05) is 6.07 Å². The van der Waals surface area contributed by atoms with Gasteiger partial charge in [0.05, 0.1) is 19.8 Å². The van der Waals surface area contributed by atoms with Gasteiger partial charge >= 0.3 is 0 Å². The first kappa shape index (κ1) is 19.7. The highest BCUT2D eigenvalue weighted by molar-refractivity contribution is 7.89. The molecule has 152 valence electrons. The topological polar surface area (TPSA) is 122 Å². The van der Waals surface area contributed by atoms with Gasteiger partial charge in [-0.2, -0.15) is 14.6 Å². The van der Waals surface area contributed by atoms with Crippen LogP contribution in [-0.4, -0.2) is 44.0 Å². The van der Waals surface area contributed by atoms with Crippen molar-refractivity contribution < 1.29 is 22.0 Å². The fourth-order valence-electron chi connectivity index (χ4n) is 2.95. The van der Waals surface area contributed by atoms with E-state index in [0.717, 1.165) is 4.88 Å². The van der Waals surface area contributed by atoms with Crippen LogP contribution in [0.2, 0.25) is 0 Å². The minimum atomic E-state index is -3.72. The summed E-state index contributed by atoms with van der Waals surface area (Å²) in [4.78, 5) is 5.26. The van der Waals surface area contributed by atoms with E-state index in [1.807, 2.05) is 23.6 Å². The van der Waals surface area contributed by atoms with Gasteiger partial charge in [-0.15, -0.1) is 11.3 Å². The third-order valence-corrected chi connectivity index (χ3v) is 7.29. The molecule has 1 aliphatic heterocycles. The van der Waals surface area contributed by atoms with Crippen LogP contribution in [0.5, 0.6) is 0 Å². The Hall–Kier alpha value is -2.65. The van der Waals surface area contributed by atoms with Crippen molar-refractivity contribution >= 4 is 27.2 Å². The van der Waals surface area contributed by atoms with Gasteiger partial charge in [-0.3, -0.25) is 0 Å². The highest BCUT2D eigenvalue weighted by atomic mass is 32.2. The Labute approximate surface area is 171 Å². The molecule has 0 radical (unpaired) electrons. The van der Waals surface area contributed by atoms with E-state index >= 15 is 0 Å². The summed E-state index contributed by atoms with van der Waals surface area (Å²) in [6.45, 7) is 3.34. The minimum Gasteiger partial charge on any atom is -0.455 e. The summed E-state index contributed by atoms with van der Waals surface area (Å²) < 4.78 is 43.7. The predicted molar refractivity (Wildman–Crippen MR) is 105 cm³/mol. The quantitative estimate of drug-likeness (QED) is 0.628. The highest BCUT2D eigenvalue weighted by Gasteiger charge is 2.31. The Kier molecular flexibility index (Phi) is 5.42. The van der Waals surface area contributed by atoms with E-state index in [9.17, 15) is 13.7 Å². The highest BCUT2D eigenvalue weighted by Crippen LogP contribution is 2.32. The molecule has 0 unspecified atom stereocenters. The number of morpholine rings is 1. The number of aryl methyl sites for hydroxylation is 1. The number of hydrogen-bond donors (Lipinski definition) is 1. The van der Waals surface area contributed by atoms with Crippen molar-refractivity contribution in [1.82, 2.24) is 9.29 Å². The van der Waals surface area contributed by atoms with Crippen molar-refractivity contribution in [3.8, 4) is 17.7 Å². The maximum atomic E-state index is 12.9. The molecule has 0 spiro atoms. The van der Waals surface area contributed by atoms with Gasteiger partial charge in [0.15, 0.2) is 5.76 Å².